The van der Waals surface area contributed by atoms with E-state index in [-0.39, 0.29) is 5.91 Å². The fourth-order valence-corrected chi connectivity index (χ4v) is 4.85. The van der Waals surface area contributed by atoms with Gasteiger partial charge in [-0.3, -0.25) is 14.7 Å². The molecule has 0 N–H and O–H groups in total. The van der Waals surface area contributed by atoms with Gasteiger partial charge in [-0.1, -0.05) is 17.4 Å². The van der Waals surface area contributed by atoms with Crippen LogP contribution in [0, 0.1) is 0 Å². The average molecular weight is 438 g/mol. The Morgan fingerprint density at radius 1 is 1.03 bits per heavy atom. The molecule has 0 atom stereocenters. The highest BCUT2D eigenvalue weighted by atomic mass is 32.2. The molecule has 29 heavy (non-hydrogen) atoms. The van der Waals surface area contributed by atoms with E-state index in [2.05, 4.69) is 23.4 Å². The van der Waals surface area contributed by atoms with Gasteiger partial charge in [-0.05, 0) is 66.6 Å². The number of thioether (sulfide) groups is 2. The molecule has 0 aliphatic heterocycles. The SMILES string of the molecule is CSc1ccc(C(=O)N(Cc2cccnc2)c2nc3ccc(SC)cc3s2)cc1. The zero-order valence-electron chi connectivity index (χ0n) is 16.0. The third-order valence-corrected chi connectivity index (χ3v) is 6.97. The molecule has 0 aliphatic rings. The van der Waals surface area contributed by atoms with Crippen LogP contribution in [0.25, 0.3) is 10.2 Å². The Morgan fingerprint density at radius 3 is 2.48 bits per heavy atom. The van der Waals surface area contributed by atoms with E-state index in [4.69, 9.17) is 4.98 Å². The van der Waals surface area contributed by atoms with Gasteiger partial charge in [0.2, 0.25) is 0 Å². The minimum atomic E-state index is -0.0642. The second-order valence-corrected chi connectivity index (χ2v) is 9.08. The molecule has 0 fully saturated rings. The zero-order chi connectivity index (χ0) is 20.2. The van der Waals surface area contributed by atoms with Crippen LogP contribution in [0.3, 0.4) is 0 Å². The molecule has 146 valence electrons. The third-order valence-electron chi connectivity index (χ3n) is 4.46. The number of fused-ring (bicyclic) bond motifs is 1. The topological polar surface area (TPSA) is 46.1 Å². The van der Waals surface area contributed by atoms with Crippen LogP contribution in [-0.2, 0) is 6.54 Å². The molecule has 2 aromatic carbocycles. The molecule has 4 rings (SSSR count). The summed E-state index contributed by atoms with van der Waals surface area (Å²) in [6.07, 6.45) is 7.60. The minimum absolute atomic E-state index is 0.0642. The summed E-state index contributed by atoms with van der Waals surface area (Å²) < 4.78 is 1.08. The van der Waals surface area contributed by atoms with Gasteiger partial charge in [0.05, 0.1) is 16.8 Å². The molecule has 2 heterocycles. The molecule has 4 nitrogen and oxygen atoms in total. The molecule has 0 saturated carbocycles. The Hall–Kier alpha value is -2.35. The second kappa shape index (κ2) is 8.98. The highest BCUT2D eigenvalue weighted by molar-refractivity contribution is 7.98. The van der Waals surface area contributed by atoms with Gasteiger partial charge >= 0.3 is 0 Å². The summed E-state index contributed by atoms with van der Waals surface area (Å²) >= 11 is 4.90. The lowest BCUT2D eigenvalue weighted by Crippen LogP contribution is -2.30. The van der Waals surface area contributed by atoms with E-state index in [0.717, 1.165) is 20.7 Å². The van der Waals surface area contributed by atoms with Crippen molar-refractivity contribution in [3.8, 4) is 0 Å². The summed E-state index contributed by atoms with van der Waals surface area (Å²) in [7, 11) is 0. The van der Waals surface area contributed by atoms with E-state index in [1.807, 2.05) is 48.7 Å². The number of thiazole rings is 1. The molecular formula is C22H19N3OS3. The maximum Gasteiger partial charge on any atom is 0.260 e. The molecular weight excluding hydrogens is 418 g/mol. The number of carbonyl (C=O) groups excluding carboxylic acids is 1. The number of hydrogen-bond donors (Lipinski definition) is 0. The fourth-order valence-electron chi connectivity index (χ4n) is 2.93. The molecule has 0 saturated heterocycles. The first-order valence-electron chi connectivity index (χ1n) is 8.97. The maximum absolute atomic E-state index is 13.4. The smallest absolute Gasteiger partial charge is 0.260 e. The van der Waals surface area contributed by atoms with Crippen molar-refractivity contribution < 1.29 is 4.79 Å². The Kier molecular flexibility index (Phi) is 6.18. The summed E-state index contributed by atoms with van der Waals surface area (Å²) in [5, 5.41) is 0.695. The van der Waals surface area contributed by atoms with Crippen molar-refractivity contribution in [2.45, 2.75) is 16.3 Å². The standard InChI is InChI=1S/C22H19N3OS3/c1-27-17-7-5-16(6-8-17)21(26)25(14-15-4-3-11-23-13-15)22-24-19-10-9-18(28-2)12-20(19)29-22/h3-13H,14H2,1-2H3. The van der Waals surface area contributed by atoms with E-state index in [0.29, 0.717) is 17.2 Å². The summed E-state index contributed by atoms with van der Waals surface area (Å²) in [5.74, 6) is -0.0642. The average Bonchev–Trinajstić information content (AvgIpc) is 3.20. The number of amides is 1. The molecule has 0 spiro atoms. The van der Waals surface area contributed by atoms with Crippen molar-refractivity contribution in [3.05, 3.63) is 78.1 Å². The number of nitrogens with zero attached hydrogens (tertiary/aromatic N) is 3. The molecule has 0 unspecified atom stereocenters. The Morgan fingerprint density at radius 2 is 1.79 bits per heavy atom. The summed E-state index contributed by atoms with van der Waals surface area (Å²) in [6.45, 7) is 0.423. The third kappa shape index (κ3) is 4.47. The molecule has 4 aromatic rings. The molecule has 0 bridgehead atoms. The predicted molar refractivity (Wildman–Crippen MR) is 124 cm³/mol. The lowest BCUT2D eigenvalue weighted by molar-refractivity contribution is 0.0985. The van der Waals surface area contributed by atoms with Gasteiger partial charge in [-0.15, -0.1) is 23.5 Å². The molecule has 1 amide bonds. The Bertz CT molecular complexity index is 1130. The van der Waals surface area contributed by atoms with Crippen molar-refractivity contribution in [2.24, 2.45) is 0 Å². The maximum atomic E-state index is 13.4. The van der Waals surface area contributed by atoms with E-state index in [9.17, 15) is 4.79 Å². The second-order valence-electron chi connectivity index (χ2n) is 6.31. The fraction of sp³-hybridized carbons (Fsp3) is 0.136. The van der Waals surface area contributed by atoms with Crippen LogP contribution < -0.4 is 4.90 Å². The van der Waals surface area contributed by atoms with Crippen molar-refractivity contribution in [2.75, 3.05) is 17.4 Å². The normalized spacial score (nSPS) is 11.0. The van der Waals surface area contributed by atoms with Gasteiger partial charge in [-0.25, -0.2) is 4.98 Å². The minimum Gasteiger partial charge on any atom is -0.279 e. The van der Waals surface area contributed by atoms with E-state index < -0.39 is 0 Å². The number of anilines is 1. The first-order valence-corrected chi connectivity index (χ1v) is 12.2. The van der Waals surface area contributed by atoms with Gasteiger partial charge in [0, 0.05) is 27.7 Å². The van der Waals surface area contributed by atoms with Crippen LogP contribution in [0.15, 0.2) is 76.8 Å². The number of hydrogen-bond acceptors (Lipinski definition) is 6. The van der Waals surface area contributed by atoms with Crippen LogP contribution in [0.5, 0.6) is 0 Å². The summed E-state index contributed by atoms with van der Waals surface area (Å²) in [5.41, 5.74) is 2.52. The van der Waals surface area contributed by atoms with E-state index >= 15 is 0 Å². The molecule has 7 heteroatoms. The highest BCUT2D eigenvalue weighted by Gasteiger charge is 2.22. The monoisotopic (exact) mass is 437 g/mol. The van der Waals surface area contributed by atoms with E-state index in [1.54, 1.807) is 52.2 Å². The summed E-state index contributed by atoms with van der Waals surface area (Å²) in [4.78, 5) is 26.4. The first kappa shape index (κ1) is 19.9. The quantitative estimate of drug-likeness (QED) is 0.347. The number of benzene rings is 2. The molecule has 0 radical (unpaired) electrons. The van der Waals surface area contributed by atoms with Crippen molar-refractivity contribution in [1.29, 1.82) is 0 Å². The number of carbonyl (C=O) groups is 1. The van der Waals surface area contributed by atoms with Crippen LogP contribution in [-0.4, -0.2) is 28.4 Å². The van der Waals surface area contributed by atoms with Crippen molar-refractivity contribution in [1.82, 2.24) is 9.97 Å². The lowest BCUT2D eigenvalue weighted by atomic mass is 10.2. The van der Waals surface area contributed by atoms with Gasteiger partial charge in [-0.2, -0.15) is 0 Å². The Balaban J connectivity index is 1.74. The molecule has 0 aliphatic carbocycles. The largest absolute Gasteiger partial charge is 0.279 e. The number of pyridine rings is 1. The van der Waals surface area contributed by atoms with Crippen LogP contribution in [0.4, 0.5) is 5.13 Å². The number of rotatable bonds is 6. The van der Waals surface area contributed by atoms with Crippen molar-refractivity contribution >= 4 is 56.1 Å². The predicted octanol–water partition coefficient (Wildman–Crippen LogP) is 5.98. The first-order chi connectivity index (χ1) is 14.2. The van der Waals surface area contributed by atoms with Crippen LogP contribution in [0.2, 0.25) is 0 Å². The van der Waals surface area contributed by atoms with E-state index in [1.165, 1.54) is 4.90 Å². The summed E-state index contributed by atoms with van der Waals surface area (Å²) in [6, 6.07) is 17.8. The van der Waals surface area contributed by atoms with Gasteiger partial charge in [0.25, 0.3) is 5.91 Å². The van der Waals surface area contributed by atoms with Crippen LogP contribution >= 0.6 is 34.9 Å². The van der Waals surface area contributed by atoms with Crippen LogP contribution in [0.1, 0.15) is 15.9 Å². The Labute approximate surface area is 182 Å². The van der Waals surface area contributed by atoms with Gasteiger partial charge in [0.1, 0.15) is 0 Å². The van der Waals surface area contributed by atoms with Gasteiger partial charge in [0.15, 0.2) is 5.13 Å². The molecule has 2 aromatic heterocycles. The zero-order valence-corrected chi connectivity index (χ0v) is 18.5. The van der Waals surface area contributed by atoms with Gasteiger partial charge < -0.3 is 0 Å². The lowest BCUT2D eigenvalue weighted by Gasteiger charge is -2.20. The number of aromatic nitrogens is 2. The highest BCUT2D eigenvalue weighted by Crippen LogP contribution is 2.33. The van der Waals surface area contributed by atoms with Crippen molar-refractivity contribution in [3.63, 3.8) is 0 Å².